The van der Waals surface area contributed by atoms with E-state index in [4.69, 9.17) is 8.95 Å². The van der Waals surface area contributed by atoms with Crippen molar-refractivity contribution in [2.24, 2.45) is 5.92 Å². The number of thiazole rings is 1. The molecule has 9 nitrogen and oxygen atoms in total. The molecular formula is C32H46N4O5SSi. The highest BCUT2D eigenvalue weighted by Crippen LogP contribution is 2.40. The van der Waals surface area contributed by atoms with Crippen LogP contribution in [0.4, 0.5) is 0 Å². The van der Waals surface area contributed by atoms with E-state index >= 15 is 0 Å². The summed E-state index contributed by atoms with van der Waals surface area (Å²) < 4.78 is 12.2. The first-order valence-corrected chi connectivity index (χ1v) is 18.8. The smallest absolute Gasteiger partial charge is 0.243 e. The molecule has 0 aliphatic carbocycles. The topological polar surface area (TPSA) is 118 Å². The molecule has 2 amide bonds. The highest BCUT2D eigenvalue weighted by Gasteiger charge is 2.47. The lowest BCUT2D eigenvalue weighted by molar-refractivity contribution is -0.141. The van der Waals surface area contributed by atoms with Crippen molar-refractivity contribution in [3.05, 3.63) is 58.6 Å². The molecule has 1 aliphatic rings. The second kappa shape index (κ2) is 13.0. The van der Waals surface area contributed by atoms with Crippen LogP contribution in [0.1, 0.15) is 82.6 Å². The standard InChI is InChI=1S/C32H46N4O5SSi/c1-19(2)28(27-14-24(17-37)35-40-27)31(39)36-16-25(41-43(8,9)32(5,6)7)15-26(36)30(38)34-20(3)22-10-12-23(13-11-22)29-21(4)33-18-42-29/h10-14,18-20,25-26,28,37H,15-17H2,1-9H3,(H,34,38)/t20-,25?,26-,28?/m0/s1. The quantitative estimate of drug-likeness (QED) is 0.257. The summed E-state index contributed by atoms with van der Waals surface area (Å²) >= 11 is 1.61. The Hall–Kier alpha value is -2.86. The largest absolute Gasteiger partial charge is 0.412 e. The number of aromatic nitrogens is 2. The zero-order chi connectivity index (χ0) is 31.7. The van der Waals surface area contributed by atoms with Crippen LogP contribution in [-0.2, 0) is 20.6 Å². The molecule has 1 aliphatic heterocycles. The highest BCUT2D eigenvalue weighted by molar-refractivity contribution is 7.13. The van der Waals surface area contributed by atoms with Gasteiger partial charge >= 0.3 is 0 Å². The number of aryl methyl sites for hydroxylation is 1. The van der Waals surface area contributed by atoms with Crippen molar-refractivity contribution in [2.75, 3.05) is 6.54 Å². The summed E-state index contributed by atoms with van der Waals surface area (Å²) in [5, 5.41) is 16.6. The first-order valence-electron chi connectivity index (χ1n) is 15.0. The monoisotopic (exact) mass is 626 g/mol. The summed E-state index contributed by atoms with van der Waals surface area (Å²) in [5.41, 5.74) is 5.28. The molecule has 1 fully saturated rings. The van der Waals surface area contributed by atoms with Crippen molar-refractivity contribution < 1.29 is 23.6 Å². The molecule has 234 valence electrons. The Morgan fingerprint density at radius 1 is 1.21 bits per heavy atom. The van der Waals surface area contributed by atoms with Crippen molar-refractivity contribution in [3.63, 3.8) is 0 Å². The van der Waals surface area contributed by atoms with E-state index in [0.717, 1.165) is 21.7 Å². The van der Waals surface area contributed by atoms with Crippen LogP contribution in [0.2, 0.25) is 18.1 Å². The van der Waals surface area contributed by atoms with E-state index in [0.29, 0.717) is 24.4 Å². The van der Waals surface area contributed by atoms with Crippen LogP contribution in [0, 0.1) is 12.8 Å². The molecule has 1 aromatic carbocycles. The van der Waals surface area contributed by atoms with Crippen molar-refractivity contribution >= 4 is 31.5 Å². The van der Waals surface area contributed by atoms with Gasteiger partial charge < -0.3 is 24.3 Å². The molecule has 3 aromatic rings. The van der Waals surface area contributed by atoms with E-state index in [1.165, 1.54) is 0 Å². The minimum atomic E-state index is -2.16. The Balaban J connectivity index is 1.57. The number of hydrogen-bond donors (Lipinski definition) is 2. The second-order valence-electron chi connectivity index (χ2n) is 13.5. The molecule has 2 N–H and O–H groups in total. The van der Waals surface area contributed by atoms with Crippen LogP contribution in [0.5, 0.6) is 0 Å². The van der Waals surface area contributed by atoms with Crippen molar-refractivity contribution in [3.8, 4) is 10.4 Å². The van der Waals surface area contributed by atoms with Gasteiger partial charge in [0.2, 0.25) is 11.8 Å². The minimum absolute atomic E-state index is 0.0123. The van der Waals surface area contributed by atoms with E-state index in [1.807, 2.05) is 45.3 Å². The third-order valence-corrected chi connectivity index (χ3v) is 14.4. The molecule has 2 unspecified atom stereocenters. The number of rotatable bonds is 10. The zero-order valence-electron chi connectivity index (χ0n) is 26.8. The number of nitrogens with one attached hydrogen (secondary N) is 1. The summed E-state index contributed by atoms with van der Waals surface area (Å²) in [6.07, 6.45) is 0.164. The van der Waals surface area contributed by atoms with Crippen LogP contribution in [-0.4, -0.2) is 59.0 Å². The first kappa shape index (κ1) is 33.0. The van der Waals surface area contributed by atoms with E-state index in [2.05, 4.69) is 61.5 Å². The number of carbonyl (C=O) groups excluding carboxylic acids is 2. The van der Waals surface area contributed by atoms with Gasteiger partial charge in [0.05, 0.1) is 34.8 Å². The normalized spacial score (nSPS) is 19.1. The third kappa shape index (κ3) is 7.27. The summed E-state index contributed by atoms with van der Waals surface area (Å²) in [6.45, 7) is 18.8. The van der Waals surface area contributed by atoms with Gasteiger partial charge in [0.1, 0.15) is 23.4 Å². The van der Waals surface area contributed by atoms with E-state index in [1.54, 1.807) is 22.3 Å². The maximum absolute atomic E-state index is 14.2. The fraction of sp³-hybridized carbons (Fsp3) is 0.562. The second-order valence-corrected chi connectivity index (χ2v) is 19.1. The molecule has 11 heteroatoms. The van der Waals surface area contributed by atoms with Crippen LogP contribution < -0.4 is 5.32 Å². The maximum atomic E-state index is 14.2. The Bertz CT molecular complexity index is 1410. The van der Waals surface area contributed by atoms with Gasteiger partial charge in [-0.3, -0.25) is 9.59 Å². The SMILES string of the molecule is Cc1ncsc1-c1ccc([C@H](C)NC(=O)[C@@H]2CC(O[Si](C)(C)C(C)(C)C)CN2C(=O)C(c2cc(CO)no2)C(C)C)cc1. The maximum Gasteiger partial charge on any atom is 0.243 e. The summed E-state index contributed by atoms with van der Waals surface area (Å²) in [5.74, 6) is -0.776. The predicted molar refractivity (Wildman–Crippen MR) is 171 cm³/mol. The van der Waals surface area contributed by atoms with Gasteiger partial charge in [0, 0.05) is 19.0 Å². The van der Waals surface area contributed by atoms with Crippen molar-refractivity contribution in [1.82, 2.24) is 20.4 Å². The van der Waals surface area contributed by atoms with Gasteiger partial charge in [-0.2, -0.15) is 0 Å². The zero-order valence-corrected chi connectivity index (χ0v) is 28.6. The Labute approximate surface area is 260 Å². The van der Waals surface area contributed by atoms with Gasteiger partial charge in [-0.1, -0.05) is 64.0 Å². The fourth-order valence-corrected chi connectivity index (χ4v) is 7.50. The van der Waals surface area contributed by atoms with Gasteiger partial charge in [-0.25, -0.2) is 4.98 Å². The average molecular weight is 627 g/mol. The van der Waals surface area contributed by atoms with Crippen molar-refractivity contribution in [2.45, 2.75) is 104 Å². The molecule has 0 radical (unpaired) electrons. The summed E-state index contributed by atoms with van der Waals surface area (Å²) in [7, 11) is -2.16. The molecule has 4 atom stereocenters. The number of likely N-dealkylation sites (tertiary alicyclic amines) is 1. The number of benzene rings is 1. The molecular weight excluding hydrogens is 581 g/mol. The lowest BCUT2D eigenvalue weighted by Crippen LogP contribution is -2.48. The Morgan fingerprint density at radius 2 is 1.88 bits per heavy atom. The summed E-state index contributed by atoms with van der Waals surface area (Å²) in [6, 6.07) is 8.83. The number of aliphatic hydroxyl groups excluding tert-OH is 1. The number of nitrogens with zero attached hydrogens (tertiary/aromatic N) is 3. The van der Waals surface area contributed by atoms with Crippen LogP contribution in [0.3, 0.4) is 0 Å². The van der Waals surface area contributed by atoms with Gasteiger partial charge in [0.25, 0.3) is 0 Å². The number of carbonyl (C=O) groups is 2. The first-order chi connectivity index (χ1) is 20.1. The van der Waals surface area contributed by atoms with Crippen molar-refractivity contribution in [1.29, 1.82) is 0 Å². The molecule has 4 rings (SSSR count). The highest BCUT2D eigenvalue weighted by atomic mass is 32.1. The summed E-state index contributed by atoms with van der Waals surface area (Å²) in [4.78, 5) is 35.2. The minimum Gasteiger partial charge on any atom is -0.412 e. The lowest BCUT2D eigenvalue weighted by Gasteiger charge is -2.38. The number of aliphatic hydroxyl groups is 1. The molecule has 43 heavy (non-hydrogen) atoms. The molecule has 1 saturated heterocycles. The Kier molecular flexibility index (Phi) is 10.00. The van der Waals surface area contributed by atoms with Crippen LogP contribution in [0.25, 0.3) is 10.4 Å². The predicted octanol–water partition coefficient (Wildman–Crippen LogP) is 6.21. The van der Waals surface area contributed by atoms with Gasteiger partial charge in [-0.05, 0) is 49.0 Å². The number of hydrogen-bond acceptors (Lipinski definition) is 8. The molecule has 0 saturated carbocycles. The molecule has 3 heterocycles. The van der Waals surface area contributed by atoms with Gasteiger partial charge in [0.15, 0.2) is 8.32 Å². The van der Waals surface area contributed by atoms with E-state index in [9.17, 15) is 14.7 Å². The van der Waals surface area contributed by atoms with Crippen LogP contribution >= 0.6 is 11.3 Å². The lowest BCUT2D eigenvalue weighted by atomic mass is 9.91. The third-order valence-electron chi connectivity index (χ3n) is 8.87. The Morgan fingerprint density at radius 3 is 2.42 bits per heavy atom. The van der Waals surface area contributed by atoms with E-state index in [-0.39, 0.29) is 41.5 Å². The fourth-order valence-electron chi connectivity index (χ4n) is 5.33. The van der Waals surface area contributed by atoms with E-state index < -0.39 is 20.3 Å². The molecule has 0 bridgehead atoms. The average Bonchev–Trinajstić information content (AvgIpc) is 3.67. The number of amides is 2. The molecule has 0 spiro atoms. The van der Waals surface area contributed by atoms with Gasteiger partial charge in [-0.15, -0.1) is 11.3 Å². The van der Waals surface area contributed by atoms with Crippen LogP contribution in [0.15, 0.2) is 40.4 Å². The molecule has 2 aromatic heterocycles.